The smallest absolute Gasteiger partial charge is 0.326 e. The van der Waals surface area contributed by atoms with Crippen LogP contribution in [-0.4, -0.2) is 67.5 Å². The van der Waals surface area contributed by atoms with Crippen molar-refractivity contribution < 1.29 is 34.2 Å². The van der Waals surface area contributed by atoms with E-state index in [1.165, 1.54) is 16.7 Å². The minimum absolute atomic E-state index is 0.0567. The number of carboxylic acids is 2. The Kier molecular flexibility index (Phi) is 9.87. The Balaban J connectivity index is 1.68. The van der Waals surface area contributed by atoms with Gasteiger partial charge in [-0.3, -0.25) is 19.2 Å². The molecule has 0 aromatic heterocycles. The largest absolute Gasteiger partial charge is 0.481 e. The molecule has 2 unspecified atom stereocenters. The van der Waals surface area contributed by atoms with Crippen LogP contribution in [-0.2, 0) is 25.6 Å². The second-order valence-corrected chi connectivity index (χ2v) is 11.8. The van der Waals surface area contributed by atoms with Gasteiger partial charge in [0.05, 0.1) is 27.9 Å². The minimum Gasteiger partial charge on any atom is -0.481 e. The van der Waals surface area contributed by atoms with Crippen molar-refractivity contribution in [3.63, 3.8) is 0 Å². The van der Waals surface area contributed by atoms with E-state index in [0.29, 0.717) is 11.3 Å². The summed E-state index contributed by atoms with van der Waals surface area (Å²) in [6, 6.07) is 8.83. The number of benzene rings is 2. The maximum atomic E-state index is 13.2. The number of nitrogens with zero attached hydrogens (tertiary/aromatic N) is 1. The SMILES string of the molecule is CC1(C)SCN(C(=O)CCC(=O)O)C1C(=O)NC(Cc1ccc(NC(=O)c2c(Cl)cccc2Cl)cc1)C(=O)O. The molecule has 1 aliphatic heterocycles. The maximum Gasteiger partial charge on any atom is 0.326 e. The lowest BCUT2D eigenvalue weighted by atomic mass is 9.99. The van der Waals surface area contributed by atoms with Crippen molar-refractivity contribution in [1.29, 1.82) is 0 Å². The van der Waals surface area contributed by atoms with Crippen molar-refractivity contribution in [1.82, 2.24) is 10.2 Å². The van der Waals surface area contributed by atoms with Crippen molar-refractivity contribution >= 4 is 70.3 Å². The van der Waals surface area contributed by atoms with Crippen LogP contribution in [0.5, 0.6) is 0 Å². The molecular formula is C26H27Cl2N3O7S. The van der Waals surface area contributed by atoms with Crippen LogP contribution in [0.2, 0.25) is 10.0 Å². The van der Waals surface area contributed by atoms with E-state index in [2.05, 4.69) is 10.6 Å². The van der Waals surface area contributed by atoms with Crippen LogP contribution in [0.3, 0.4) is 0 Å². The zero-order valence-corrected chi connectivity index (χ0v) is 23.4. The Morgan fingerprint density at radius 2 is 1.64 bits per heavy atom. The monoisotopic (exact) mass is 595 g/mol. The van der Waals surface area contributed by atoms with Gasteiger partial charge in [0.1, 0.15) is 12.1 Å². The van der Waals surface area contributed by atoms with Gasteiger partial charge in [-0.15, -0.1) is 11.8 Å². The zero-order chi connectivity index (χ0) is 28.9. The first-order valence-corrected chi connectivity index (χ1v) is 13.6. The van der Waals surface area contributed by atoms with Gasteiger partial charge in [0.2, 0.25) is 11.8 Å². The third kappa shape index (κ3) is 7.65. The molecule has 1 aliphatic rings. The number of carbonyl (C=O) groups excluding carboxylic acids is 3. The second-order valence-electron chi connectivity index (χ2n) is 9.39. The van der Waals surface area contributed by atoms with Crippen LogP contribution < -0.4 is 10.6 Å². The van der Waals surface area contributed by atoms with Gasteiger partial charge in [-0.05, 0) is 43.7 Å². The van der Waals surface area contributed by atoms with Crippen LogP contribution in [0.15, 0.2) is 42.5 Å². The molecule has 3 amide bonds. The van der Waals surface area contributed by atoms with E-state index in [1.807, 2.05) is 0 Å². The number of carboxylic acid groups (broad SMARTS) is 2. The molecule has 1 heterocycles. The molecule has 13 heteroatoms. The van der Waals surface area contributed by atoms with Crippen LogP contribution in [0.25, 0.3) is 0 Å². The third-order valence-electron chi connectivity index (χ3n) is 6.12. The fourth-order valence-electron chi connectivity index (χ4n) is 4.11. The van der Waals surface area contributed by atoms with Crippen molar-refractivity contribution in [3.8, 4) is 0 Å². The van der Waals surface area contributed by atoms with E-state index in [-0.39, 0.29) is 40.7 Å². The van der Waals surface area contributed by atoms with E-state index in [4.69, 9.17) is 28.3 Å². The molecule has 0 saturated carbocycles. The highest BCUT2D eigenvalue weighted by Gasteiger charge is 2.48. The summed E-state index contributed by atoms with van der Waals surface area (Å²) in [7, 11) is 0. The van der Waals surface area contributed by atoms with Crippen molar-refractivity contribution in [2.45, 2.75) is 49.9 Å². The quantitative estimate of drug-likeness (QED) is 0.322. The number of aliphatic carboxylic acids is 2. The summed E-state index contributed by atoms with van der Waals surface area (Å²) >= 11 is 13.5. The molecule has 0 radical (unpaired) electrons. The first-order valence-electron chi connectivity index (χ1n) is 11.8. The summed E-state index contributed by atoms with van der Waals surface area (Å²) in [5.41, 5.74) is 1.13. The number of rotatable bonds is 10. The predicted octanol–water partition coefficient (Wildman–Crippen LogP) is 3.90. The molecule has 3 rings (SSSR count). The van der Waals surface area contributed by atoms with E-state index in [1.54, 1.807) is 56.3 Å². The van der Waals surface area contributed by atoms with Gasteiger partial charge >= 0.3 is 11.9 Å². The van der Waals surface area contributed by atoms with Crippen molar-refractivity contribution in [2.24, 2.45) is 0 Å². The molecule has 0 aliphatic carbocycles. The van der Waals surface area contributed by atoms with Gasteiger partial charge in [-0.25, -0.2) is 4.79 Å². The Morgan fingerprint density at radius 1 is 1.03 bits per heavy atom. The molecule has 208 valence electrons. The van der Waals surface area contributed by atoms with E-state index < -0.39 is 46.5 Å². The van der Waals surface area contributed by atoms with E-state index in [9.17, 15) is 29.1 Å². The molecule has 2 atom stereocenters. The fraction of sp³-hybridized carbons (Fsp3) is 0.346. The summed E-state index contributed by atoms with van der Waals surface area (Å²) in [6.45, 7) is 3.54. The van der Waals surface area contributed by atoms with Crippen LogP contribution in [0, 0.1) is 0 Å². The number of halogens is 2. The highest BCUT2D eigenvalue weighted by molar-refractivity contribution is 8.00. The standard InChI is InChI=1S/C26H27Cl2N3O7S/c1-26(2)22(31(13-39-26)19(32)10-11-20(33)34)24(36)30-18(25(37)38)12-14-6-8-15(9-7-14)29-23(35)21-16(27)4-3-5-17(21)28/h3-9,18,22H,10-13H2,1-2H3,(H,29,35)(H,30,36)(H,33,34)(H,37,38). The van der Waals surface area contributed by atoms with Gasteiger partial charge < -0.3 is 25.7 Å². The van der Waals surface area contributed by atoms with Crippen molar-refractivity contribution in [3.05, 3.63) is 63.6 Å². The lowest BCUT2D eigenvalue weighted by molar-refractivity contribution is -0.145. The molecular weight excluding hydrogens is 569 g/mol. The minimum atomic E-state index is -1.29. The molecule has 2 aromatic carbocycles. The van der Waals surface area contributed by atoms with Gasteiger partial charge in [-0.2, -0.15) is 0 Å². The zero-order valence-electron chi connectivity index (χ0n) is 21.1. The number of thioether (sulfide) groups is 1. The average Bonchev–Trinajstić information content (AvgIpc) is 3.18. The summed E-state index contributed by atoms with van der Waals surface area (Å²) in [5, 5.41) is 24.3. The highest BCUT2D eigenvalue weighted by atomic mass is 35.5. The van der Waals surface area contributed by atoms with Gasteiger partial charge in [-0.1, -0.05) is 41.4 Å². The summed E-state index contributed by atoms with van der Waals surface area (Å²) in [4.78, 5) is 62.6. The first-order chi connectivity index (χ1) is 18.3. The lowest BCUT2D eigenvalue weighted by Crippen LogP contribution is -2.56. The molecule has 4 N–H and O–H groups in total. The Morgan fingerprint density at radius 3 is 2.21 bits per heavy atom. The Bertz CT molecular complexity index is 1270. The van der Waals surface area contributed by atoms with E-state index in [0.717, 1.165) is 0 Å². The van der Waals surface area contributed by atoms with Crippen LogP contribution in [0.4, 0.5) is 5.69 Å². The molecule has 39 heavy (non-hydrogen) atoms. The summed E-state index contributed by atoms with van der Waals surface area (Å²) in [6.07, 6.45) is -0.684. The molecule has 2 aromatic rings. The van der Waals surface area contributed by atoms with Crippen molar-refractivity contribution in [2.75, 3.05) is 11.2 Å². The normalized spacial score (nSPS) is 16.8. The number of amides is 3. The van der Waals surface area contributed by atoms with Gasteiger partial charge in [0, 0.05) is 23.3 Å². The molecule has 0 bridgehead atoms. The first kappa shape index (κ1) is 30.3. The lowest BCUT2D eigenvalue weighted by Gasteiger charge is -2.31. The summed E-state index contributed by atoms with van der Waals surface area (Å²) < 4.78 is -0.712. The number of hydrogen-bond donors (Lipinski definition) is 4. The van der Waals surface area contributed by atoms with Crippen LogP contribution in [0.1, 0.15) is 42.6 Å². The van der Waals surface area contributed by atoms with E-state index >= 15 is 0 Å². The predicted molar refractivity (Wildman–Crippen MR) is 148 cm³/mol. The number of anilines is 1. The fourth-order valence-corrected chi connectivity index (χ4v) is 5.84. The number of hydrogen-bond acceptors (Lipinski definition) is 6. The molecule has 10 nitrogen and oxygen atoms in total. The Hall–Kier alpha value is -3.28. The van der Waals surface area contributed by atoms with Gasteiger partial charge in [0.15, 0.2) is 0 Å². The topological polar surface area (TPSA) is 153 Å². The Labute approximate surface area is 239 Å². The molecule has 0 spiro atoms. The maximum absolute atomic E-state index is 13.2. The van der Waals surface area contributed by atoms with Crippen LogP contribution >= 0.6 is 35.0 Å². The average molecular weight is 596 g/mol. The highest BCUT2D eigenvalue weighted by Crippen LogP contribution is 2.39. The van der Waals surface area contributed by atoms with Gasteiger partial charge in [0.25, 0.3) is 5.91 Å². The second kappa shape index (κ2) is 12.7. The molecule has 1 fully saturated rings. The number of carbonyl (C=O) groups is 5. The number of nitrogens with one attached hydrogen (secondary N) is 2. The third-order valence-corrected chi connectivity index (χ3v) is 8.13. The molecule has 1 saturated heterocycles. The summed E-state index contributed by atoms with van der Waals surface area (Å²) in [5.74, 6) is -3.83.